The molecule has 1 aromatic carbocycles. The summed E-state index contributed by atoms with van der Waals surface area (Å²) >= 11 is 0. The van der Waals surface area contributed by atoms with Gasteiger partial charge in [0.15, 0.2) is 0 Å². The average Bonchev–Trinajstić information content (AvgIpc) is 2.93. The van der Waals surface area contributed by atoms with Crippen LogP contribution in [0.2, 0.25) is 0 Å². The highest BCUT2D eigenvalue weighted by Crippen LogP contribution is 2.27. The van der Waals surface area contributed by atoms with Crippen molar-refractivity contribution in [2.24, 2.45) is 11.7 Å². The quantitative estimate of drug-likeness (QED) is 0.832. The molecule has 2 atom stereocenters. The molecule has 2 rings (SSSR count). The van der Waals surface area contributed by atoms with Crippen molar-refractivity contribution in [3.05, 3.63) is 24.3 Å². The van der Waals surface area contributed by atoms with Crippen molar-refractivity contribution in [1.29, 1.82) is 0 Å². The lowest BCUT2D eigenvalue weighted by Crippen LogP contribution is -2.29. The topological polar surface area (TPSA) is 73.6 Å². The molecule has 20 heavy (non-hydrogen) atoms. The Morgan fingerprint density at radius 1 is 1.45 bits per heavy atom. The van der Waals surface area contributed by atoms with E-state index in [1.807, 2.05) is 18.2 Å². The smallest absolute Gasteiger partial charge is 0.250 e. The third-order valence-electron chi connectivity index (χ3n) is 3.67. The van der Waals surface area contributed by atoms with Crippen LogP contribution in [0.3, 0.4) is 0 Å². The number of nitrogens with two attached hydrogens (primary N) is 1. The highest BCUT2D eigenvalue weighted by molar-refractivity contribution is 5.91. The van der Waals surface area contributed by atoms with E-state index in [0.717, 1.165) is 19.3 Å². The molecular weight excluding hydrogens is 256 g/mol. The molecule has 0 bridgehead atoms. The molecule has 0 aliphatic heterocycles. The summed E-state index contributed by atoms with van der Waals surface area (Å²) in [6.07, 6.45) is 3.34. The number of carbonyl (C=O) groups excluding carboxylic acids is 1. The molecule has 1 fully saturated rings. The SMILES string of the molecule is COc1cccc(NC(=O)COC2CCCC2CN)c1. The minimum absolute atomic E-state index is 0.0678. The lowest BCUT2D eigenvalue weighted by Gasteiger charge is -2.18. The number of benzene rings is 1. The molecule has 1 saturated carbocycles. The number of rotatable bonds is 6. The van der Waals surface area contributed by atoms with E-state index in [1.165, 1.54) is 0 Å². The second-order valence-electron chi connectivity index (χ2n) is 5.06. The van der Waals surface area contributed by atoms with Gasteiger partial charge in [-0.2, -0.15) is 0 Å². The van der Waals surface area contributed by atoms with Gasteiger partial charge in [0, 0.05) is 11.8 Å². The lowest BCUT2D eigenvalue weighted by molar-refractivity contribution is -0.123. The zero-order valence-corrected chi connectivity index (χ0v) is 11.8. The van der Waals surface area contributed by atoms with Crippen LogP contribution < -0.4 is 15.8 Å². The van der Waals surface area contributed by atoms with E-state index >= 15 is 0 Å². The molecular formula is C15H22N2O3. The van der Waals surface area contributed by atoms with E-state index < -0.39 is 0 Å². The predicted octanol–water partition coefficient (Wildman–Crippen LogP) is 1.78. The Hall–Kier alpha value is -1.59. The van der Waals surface area contributed by atoms with Crippen molar-refractivity contribution < 1.29 is 14.3 Å². The van der Waals surface area contributed by atoms with Gasteiger partial charge in [0.1, 0.15) is 12.4 Å². The molecule has 0 spiro atoms. The van der Waals surface area contributed by atoms with Crippen molar-refractivity contribution in [3.63, 3.8) is 0 Å². The molecule has 0 saturated heterocycles. The maximum absolute atomic E-state index is 11.9. The maximum Gasteiger partial charge on any atom is 0.250 e. The number of nitrogens with one attached hydrogen (secondary N) is 1. The van der Waals surface area contributed by atoms with Crippen LogP contribution in [0.5, 0.6) is 5.75 Å². The molecule has 3 N–H and O–H groups in total. The summed E-state index contributed by atoms with van der Waals surface area (Å²) in [5.74, 6) is 0.947. The number of anilines is 1. The monoisotopic (exact) mass is 278 g/mol. The summed E-state index contributed by atoms with van der Waals surface area (Å²) in [5.41, 5.74) is 6.40. The Bertz CT molecular complexity index is 450. The van der Waals surface area contributed by atoms with Crippen molar-refractivity contribution in [3.8, 4) is 5.75 Å². The number of amides is 1. The maximum atomic E-state index is 11.9. The summed E-state index contributed by atoms with van der Waals surface area (Å²) in [5, 5.41) is 2.80. The first-order valence-corrected chi connectivity index (χ1v) is 6.98. The zero-order valence-electron chi connectivity index (χ0n) is 11.8. The fourth-order valence-corrected chi connectivity index (χ4v) is 2.57. The van der Waals surface area contributed by atoms with E-state index in [-0.39, 0.29) is 18.6 Å². The minimum atomic E-state index is -0.152. The third-order valence-corrected chi connectivity index (χ3v) is 3.67. The largest absolute Gasteiger partial charge is 0.497 e. The number of ether oxygens (including phenoxy) is 2. The molecule has 1 aliphatic carbocycles. The van der Waals surface area contributed by atoms with Crippen LogP contribution in [0.15, 0.2) is 24.3 Å². The molecule has 110 valence electrons. The Morgan fingerprint density at radius 3 is 3.05 bits per heavy atom. The number of hydrogen-bond acceptors (Lipinski definition) is 4. The van der Waals surface area contributed by atoms with Gasteiger partial charge in [-0.25, -0.2) is 0 Å². The first-order chi connectivity index (χ1) is 9.72. The molecule has 2 unspecified atom stereocenters. The van der Waals surface area contributed by atoms with E-state index in [2.05, 4.69) is 5.32 Å². The Balaban J connectivity index is 1.80. The Labute approximate surface area is 119 Å². The van der Waals surface area contributed by atoms with Crippen LogP contribution in [0.25, 0.3) is 0 Å². The fourth-order valence-electron chi connectivity index (χ4n) is 2.57. The van der Waals surface area contributed by atoms with E-state index in [4.69, 9.17) is 15.2 Å². The van der Waals surface area contributed by atoms with Gasteiger partial charge < -0.3 is 20.5 Å². The summed E-state index contributed by atoms with van der Waals surface area (Å²) in [4.78, 5) is 11.9. The van der Waals surface area contributed by atoms with E-state index in [9.17, 15) is 4.79 Å². The van der Waals surface area contributed by atoms with Gasteiger partial charge in [0.25, 0.3) is 0 Å². The van der Waals surface area contributed by atoms with Crippen LogP contribution in [0.1, 0.15) is 19.3 Å². The number of methoxy groups -OCH3 is 1. The number of hydrogen-bond donors (Lipinski definition) is 2. The first-order valence-electron chi connectivity index (χ1n) is 6.98. The minimum Gasteiger partial charge on any atom is -0.497 e. The standard InChI is InChI=1S/C15H22N2O3/c1-19-13-6-3-5-12(8-13)17-15(18)10-20-14-7-2-4-11(14)9-16/h3,5-6,8,11,14H,2,4,7,9-10,16H2,1H3,(H,17,18). The van der Waals surface area contributed by atoms with Crippen molar-refractivity contribution >= 4 is 11.6 Å². The molecule has 5 heteroatoms. The summed E-state index contributed by atoms with van der Waals surface area (Å²) in [7, 11) is 1.59. The molecule has 1 aliphatic rings. The van der Waals surface area contributed by atoms with Gasteiger partial charge in [0.05, 0.1) is 13.2 Å². The average molecular weight is 278 g/mol. The van der Waals surface area contributed by atoms with E-state index in [0.29, 0.717) is 23.9 Å². The molecule has 0 radical (unpaired) electrons. The van der Waals surface area contributed by atoms with Crippen molar-refractivity contribution in [2.75, 3.05) is 25.6 Å². The van der Waals surface area contributed by atoms with Gasteiger partial charge in [-0.15, -0.1) is 0 Å². The Kier molecular flexibility index (Phi) is 5.38. The third kappa shape index (κ3) is 3.95. The van der Waals surface area contributed by atoms with Crippen LogP contribution in [0, 0.1) is 5.92 Å². The van der Waals surface area contributed by atoms with E-state index in [1.54, 1.807) is 13.2 Å². The van der Waals surface area contributed by atoms with Crippen LogP contribution >= 0.6 is 0 Å². The normalized spacial score (nSPS) is 21.7. The molecule has 0 heterocycles. The second kappa shape index (κ2) is 7.26. The first kappa shape index (κ1) is 14.8. The van der Waals surface area contributed by atoms with Crippen molar-refractivity contribution in [2.45, 2.75) is 25.4 Å². The lowest BCUT2D eigenvalue weighted by atomic mass is 10.1. The summed E-state index contributed by atoms with van der Waals surface area (Å²) in [6, 6.07) is 7.25. The summed E-state index contributed by atoms with van der Waals surface area (Å²) < 4.78 is 10.8. The fraction of sp³-hybridized carbons (Fsp3) is 0.533. The second-order valence-corrected chi connectivity index (χ2v) is 5.06. The summed E-state index contributed by atoms with van der Waals surface area (Å²) in [6.45, 7) is 0.695. The van der Waals surface area contributed by atoms with Gasteiger partial charge in [0.2, 0.25) is 5.91 Å². The predicted molar refractivity (Wildman–Crippen MR) is 77.8 cm³/mol. The molecule has 1 aromatic rings. The number of carbonyl (C=O) groups is 1. The van der Waals surface area contributed by atoms with Crippen LogP contribution in [-0.2, 0) is 9.53 Å². The molecule has 5 nitrogen and oxygen atoms in total. The van der Waals surface area contributed by atoms with Gasteiger partial charge in [-0.05, 0) is 37.4 Å². The van der Waals surface area contributed by atoms with Gasteiger partial charge in [-0.3, -0.25) is 4.79 Å². The van der Waals surface area contributed by atoms with Gasteiger partial charge in [-0.1, -0.05) is 12.5 Å². The molecule has 1 amide bonds. The van der Waals surface area contributed by atoms with Crippen LogP contribution in [0.4, 0.5) is 5.69 Å². The highest BCUT2D eigenvalue weighted by atomic mass is 16.5. The van der Waals surface area contributed by atoms with Crippen molar-refractivity contribution in [1.82, 2.24) is 0 Å². The van der Waals surface area contributed by atoms with Gasteiger partial charge >= 0.3 is 0 Å². The molecule has 0 aromatic heterocycles. The van der Waals surface area contributed by atoms with Crippen LogP contribution in [-0.4, -0.2) is 32.3 Å². The Morgan fingerprint density at radius 2 is 2.30 bits per heavy atom. The zero-order chi connectivity index (χ0) is 14.4. The highest BCUT2D eigenvalue weighted by Gasteiger charge is 2.27.